The van der Waals surface area contributed by atoms with Crippen molar-refractivity contribution in [3.05, 3.63) is 59.8 Å². The molecule has 0 amide bonds. The molecule has 0 saturated carbocycles. The molecule has 1 aromatic carbocycles. The zero-order chi connectivity index (χ0) is 17.2. The van der Waals surface area contributed by atoms with Crippen molar-refractivity contribution >= 4 is 26.5 Å². The lowest BCUT2D eigenvalue weighted by Gasteiger charge is -2.08. The number of aromatic nitrogens is 3. The second kappa shape index (κ2) is 6.71. The highest BCUT2D eigenvalue weighted by atomic mass is 32.2. The van der Waals surface area contributed by atoms with Gasteiger partial charge in [-0.25, -0.2) is 23.5 Å². The van der Waals surface area contributed by atoms with Crippen LogP contribution in [0.4, 0.5) is 5.13 Å². The molecule has 0 bridgehead atoms. The number of sulfonamides is 1. The minimum Gasteiger partial charge on any atom is -0.357 e. The van der Waals surface area contributed by atoms with E-state index < -0.39 is 10.0 Å². The van der Waals surface area contributed by atoms with Crippen molar-refractivity contribution in [3.8, 4) is 0 Å². The second-order valence-electron chi connectivity index (χ2n) is 5.31. The van der Waals surface area contributed by atoms with Gasteiger partial charge < -0.3 is 9.88 Å². The first kappa shape index (κ1) is 16.6. The quantitative estimate of drug-likeness (QED) is 0.697. The van der Waals surface area contributed by atoms with Crippen LogP contribution in [0.15, 0.2) is 47.1 Å². The van der Waals surface area contributed by atoms with Gasteiger partial charge in [0, 0.05) is 25.5 Å². The summed E-state index contributed by atoms with van der Waals surface area (Å²) in [4.78, 5) is 8.25. The third-order valence-corrected chi connectivity index (χ3v) is 5.84. The van der Waals surface area contributed by atoms with E-state index in [1.54, 1.807) is 6.20 Å². The summed E-state index contributed by atoms with van der Waals surface area (Å²) in [6.45, 7) is 3.28. The number of benzene rings is 1. The highest BCUT2D eigenvalue weighted by molar-refractivity contribution is 7.91. The molecule has 0 unspecified atom stereocenters. The summed E-state index contributed by atoms with van der Waals surface area (Å²) in [7, 11) is -3.70. The maximum absolute atomic E-state index is 11.3. The molecule has 7 nitrogen and oxygen atoms in total. The van der Waals surface area contributed by atoms with Crippen LogP contribution in [0.2, 0.25) is 0 Å². The molecule has 3 aromatic rings. The van der Waals surface area contributed by atoms with Crippen molar-refractivity contribution < 1.29 is 8.42 Å². The molecule has 0 spiro atoms. The first-order valence-corrected chi connectivity index (χ1v) is 9.56. The maximum atomic E-state index is 11.3. The van der Waals surface area contributed by atoms with Gasteiger partial charge in [0.05, 0.1) is 6.20 Å². The summed E-state index contributed by atoms with van der Waals surface area (Å²) in [6, 6.07) is 8.16. The number of primary sulfonamides is 1. The lowest BCUT2D eigenvalue weighted by Crippen LogP contribution is -2.09. The molecule has 126 valence electrons. The van der Waals surface area contributed by atoms with E-state index in [9.17, 15) is 8.42 Å². The van der Waals surface area contributed by atoms with E-state index in [0.29, 0.717) is 11.7 Å². The molecule has 24 heavy (non-hydrogen) atoms. The van der Waals surface area contributed by atoms with Crippen LogP contribution in [-0.4, -0.2) is 23.0 Å². The smallest absolute Gasteiger partial charge is 0.249 e. The topological polar surface area (TPSA) is 103 Å². The Morgan fingerprint density at radius 2 is 2.08 bits per heavy atom. The molecule has 2 heterocycles. The fourth-order valence-electron chi connectivity index (χ4n) is 2.26. The van der Waals surface area contributed by atoms with Gasteiger partial charge in [0.1, 0.15) is 5.82 Å². The van der Waals surface area contributed by atoms with E-state index in [1.165, 1.54) is 11.8 Å². The van der Waals surface area contributed by atoms with E-state index >= 15 is 0 Å². The molecule has 9 heteroatoms. The van der Waals surface area contributed by atoms with E-state index in [0.717, 1.165) is 29.3 Å². The molecular weight excluding hydrogens is 346 g/mol. The monoisotopic (exact) mass is 363 g/mol. The fraction of sp³-hybridized carbons (Fsp3) is 0.200. The average Bonchev–Trinajstić information content (AvgIpc) is 3.15. The third kappa shape index (κ3) is 3.99. The Morgan fingerprint density at radius 3 is 2.75 bits per heavy atom. The lowest BCUT2D eigenvalue weighted by atomic mass is 10.1. The van der Waals surface area contributed by atoms with Gasteiger partial charge in [-0.15, -0.1) is 0 Å². The van der Waals surface area contributed by atoms with Crippen molar-refractivity contribution in [1.82, 2.24) is 14.5 Å². The van der Waals surface area contributed by atoms with Crippen LogP contribution in [-0.2, 0) is 23.1 Å². The standard InChI is InChI=1S/C15H17N5O2S2/c1-11-17-5-6-20(11)10-13-4-2-3-12(7-13)8-18-15-19-9-14(23-15)24(16,21)22/h2-7,9H,8,10H2,1H3,(H,18,19)(H2,16,21,22). The van der Waals surface area contributed by atoms with Crippen molar-refractivity contribution in [3.63, 3.8) is 0 Å². The van der Waals surface area contributed by atoms with Crippen LogP contribution >= 0.6 is 11.3 Å². The number of rotatable bonds is 6. The Bertz CT molecular complexity index is 946. The van der Waals surface area contributed by atoms with Crippen LogP contribution in [0.1, 0.15) is 17.0 Å². The molecule has 0 aliphatic rings. The minimum absolute atomic E-state index is 0.0503. The number of thiazole rings is 1. The van der Waals surface area contributed by atoms with Gasteiger partial charge in [0.15, 0.2) is 9.34 Å². The maximum Gasteiger partial charge on any atom is 0.249 e. The predicted octanol–water partition coefficient (Wildman–Crippen LogP) is 1.96. The summed E-state index contributed by atoms with van der Waals surface area (Å²) < 4.78 is 24.6. The summed E-state index contributed by atoms with van der Waals surface area (Å²) in [5, 5.41) is 8.72. The zero-order valence-electron chi connectivity index (χ0n) is 13.0. The van der Waals surface area contributed by atoms with E-state index in [1.807, 2.05) is 25.3 Å². The van der Waals surface area contributed by atoms with Gasteiger partial charge in [0.25, 0.3) is 0 Å². The predicted molar refractivity (Wildman–Crippen MR) is 93.3 cm³/mol. The Kier molecular flexibility index (Phi) is 4.65. The van der Waals surface area contributed by atoms with Crippen molar-refractivity contribution in [2.75, 3.05) is 5.32 Å². The number of nitrogens with one attached hydrogen (secondary N) is 1. The van der Waals surface area contributed by atoms with Gasteiger partial charge in [-0.3, -0.25) is 0 Å². The van der Waals surface area contributed by atoms with Crippen LogP contribution in [0.3, 0.4) is 0 Å². The number of nitrogens with zero attached hydrogens (tertiary/aromatic N) is 3. The number of imidazole rings is 1. The summed E-state index contributed by atoms with van der Waals surface area (Å²) in [5.74, 6) is 0.969. The Labute approximate surface area is 144 Å². The van der Waals surface area contributed by atoms with Crippen molar-refractivity contribution in [1.29, 1.82) is 0 Å². The highest BCUT2D eigenvalue weighted by Crippen LogP contribution is 2.22. The summed E-state index contributed by atoms with van der Waals surface area (Å²) in [5.41, 5.74) is 2.25. The third-order valence-electron chi connectivity index (χ3n) is 3.48. The molecular formula is C15H17N5O2S2. The second-order valence-corrected chi connectivity index (χ2v) is 8.12. The fourth-order valence-corrected chi connectivity index (χ4v) is 3.70. The minimum atomic E-state index is -3.70. The van der Waals surface area contributed by atoms with Crippen LogP contribution in [0.5, 0.6) is 0 Å². The zero-order valence-corrected chi connectivity index (χ0v) is 14.6. The molecule has 0 saturated heterocycles. The number of hydrogen-bond acceptors (Lipinski definition) is 6. The Balaban J connectivity index is 1.67. The number of anilines is 1. The van der Waals surface area contributed by atoms with Gasteiger partial charge >= 0.3 is 0 Å². The number of aryl methyl sites for hydroxylation is 1. The van der Waals surface area contributed by atoms with E-state index in [-0.39, 0.29) is 4.21 Å². The van der Waals surface area contributed by atoms with Crippen LogP contribution in [0, 0.1) is 6.92 Å². The lowest BCUT2D eigenvalue weighted by molar-refractivity contribution is 0.599. The van der Waals surface area contributed by atoms with Gasteiger partial charge in [0.2, 0.25) is 10.0 Å². The Morgan fingerprint density at radius 1 is 1.29 bits per heavy atom. The molecule has 3 rings (SSSR count). The molecule has 0 radical (unpaired) electrons. The van der Waals surface area contributed by atoms with Gasteiger partial charge in [-0.1, -0.05) is 35.6 Å². The number of nitrogens with two attached hydrogens (primary N) is 1. The average molecular weight is 363 g/mol. The summed E-state index contributed by atoms with van der Waals surface area (Å²) in [6.07, 6.45) is 5.00. The Hall–Kier alpha value is -2.23. The SMILES string of the molecule is Cc1nccn1Cc1cccc(CNc2ncc(S(N)(=O)=O)s2)c1. The molecule has 3 N–H and O–H groups in total. The largest absolute Gasteiger partial charge is 0.357 e. The van der Waals surface area contributed by atoms with Gasteiger partial charge in [-0.2, -0.15) is 0 Å². The van der Waals surface area contributed by atoms with Crippen molar-refractivity contribution in [2.24, 2.45) is 5.14 Å². The molecule has 0 aliphatic heterocycles. The first-order chi connectivity index (χ1) is 11.4. The summed E-state index contributed by atoms with van der Waals surface area (Å²) >= 11 is 1.02. The molecule has 0 aliphatic carbocycles. The van der Waals surface area contributed by atoms with Gasteiger partial charge in [-0.05, 0) is 18.1 Å². The van der Waals surface area contributed by atoms with Crippen LogP contribution in [0.25, 0.3) is 0 Å². The molecule has 0 atom stereocenters. The highest BCUT2D eigenvalue weighted by Gasteiger charge is 2.12. The van der Waals surface area contributed by atoms with Crippen molar-refractivity contribution in [2.45, 2.75) is 24.2 Å². The first-order valence-electron chi connectivity index (χ1n) is 7.20. The number of hydrogen-bond donors (Lipinski definition) is 2. The molecule has 2 aromatic heterocycles. The molecule has 0 fully saturated rings. The van der Waals surface area contributed by atoms with E-state index in [4.69, 9.17) is 5.14 Å². The van der Waals surface area contributed by atoms with E-state index in [2.05, 4.69) is 32.0 Å². The van der Waals surface area contributed by atoms with Crippen LogP contribution < -0.4 is 10.5 Å². The normalized spacial score (nSPS) is 11.6.